The zero-order chi connectivity index (χ0) is 15.2. The van der Waals surface area contributed by atoms with Crippen LogP contribution in [0.15, 0.2) is 54.6 Å². The fraction of sp³-hybridized carbons (Fsp3) is 0.0588. The zero-order valence-corrected chi connectivity index (χ0v) is 11.6. The summed E-state index contributed by atoms with van der Waals surface area (Å²) in [5, 5.41) is 0. The number of anilines is 1. The Balaban J connectivity index is 2.09. The highest BCUT2D eigenvalue weighted by molar-refractivity contribution is 6.10. The number of carbonyl (C=O) groups excluding carboxylic acids is 2. The maximum Gasteiger partial charge on any atom is 0.308 e. The molecule has 4 nitrogen and oxygen atoms in total. The van der Waals surface area contributed by atoms with Crippen LogP contribution in [0.5, 0.6) is 5.75 Å². The van der Waals surface area contributed by atoms with Crippen molar-refractivity contribution in [2.75, 3.05) is 5.73 Å². The highest BCUT2D eigenvalue weighted by Crippen LogP contribution is 2.15. The normalized spacial score (nSPS) is 10.5. The van der Waals surface area contributed by atoms with Crippen LogP contribution in [0.2, 0.25) is 0 Å². The lowest BCUT2D eigenvalue weighted by atomic mass is 10.1. The summed E-state index contributed by atoms with van der Waals surface area (Å²) >= 11 is 0. The lowest BCUT2D eigenvalue weighted by molar-refractivity contribution is -0.131. The molecule has 0 heterocycles. The van der Waals surface area contributed by atoms with Crippen LogP contribution >= 0.6 is 0 Å². The molecule has 0 spiro atoms. The van der Waals surface area contributed by atoms with Crippen molar-refractivity contribution >= 4 is 23.5 Å². The van der Waals surface area contributed by atoms with Gasteiger partial charge in [0.15, 0.2) is 5.78 Å². The van der Waals surface area contributed by atoms with E-state index in [0.29, 0.717) is 17.0 Å². The maximum atomic E-state index is 12.0. The predicted octanol–water partition coefficient (Wildman–Crippen LogP) is 3.09. The highest BCUT2D eigenvalue weighted by Gasteiger charge is 2.04. The van der Waals surface area contributed by atoms with E-state index in [2.05, 4.69) is 0 Å². The Morgan fingerprint density at radius 3 is 2.33 bits per heavy atom. The van der Waals surface area contributed by atoms with Gasteiger partial charge in [-0.15, -0.1) is 0 Å². The summed E-state index contributed by atoms with van der Waals surface area (Å²) in [6.07, 6.45) is 3.15. The van der Waals surface area contributed by atoms with Crippen LogP contribution in [0.4, 0.5) is 5.69 Å². The zero-order valence-electron chi connectivity index (χ0n) is 11.6. The summed E-state index contributed by atoms with van der Waals surface area (Å²) in [4.78, 5) is 22.8. The van der Waals surface area contributed by atoms with E-state index in [1.54, 1.807) is 54.6 Å². The molecule has 0 aliphatic carbocycles. The highest BCUT2D eigenvalue weighted by atomic mass is 16.5. The van der Waals surface area contributed by atoms with Crippen LogP contribution in [-0.2, 0) is 4.79 Å². The molecule has 0 saturated heterocycles. The first-order chi connectivity index (χ1) is 10.1. The van der Waals surface area contributed by atoms with Gasteiger partial charge in [-0.2, -0.15) is 0 Å². The second-order valence-electron chi connectivity index (χ2n) is 4.45. The van der Waals surface area contributed by atoms with Gasteiger partial charge in [0.05, 0.1) is 0 Å². The van der Waals surface area contributed by atoms with Crippen LogP contribution in [0.1, 0.15) is 22.8 Å². The van der Waals surface area contributed by atoms with Gasteiger partial charge in [-0.1, -0.05) is 30.3 Å². The average molecular weight is 281 g/mol. The first-order valence-corrected chi connectivity index (χ1v) is 6.41. The number of ketones is 1. The van der Waals surface area contributed by atoms with E-state index < -0.39 is 0 Å². The quantitative estimate of drug-likeness (QED) is 0.307. The van der Waals surface area contributed by atoms with Crippen molar-refractivity contribution in [3.8, 4) is 5.75 Å². The van der Waals surface area contributed by atoms with Crippen LogP contribution in [0.25, 0.3) is 6.08 Å². The van der Waals surface area contributed by atoms with Gasteiger partial charge in [0, 0.05) is 18.2 Å². The number of esters is 1. The molecule has 0 unspecified atom stereocenters. The molecular formula is C17H15NO3. The Morgan fingerprint density at radius 2 is 1.71 bits per heavy atom. The number of hydrogen-bond donors (Lipinski definition) is 1. The van der Waals surface area contributed by atoms with Gasteiger partial charge in [-0.05, 0) is 35.9 Å². The Hall–Kier alpha value is -2.88. The summed E-state index contributed by atoms with van der Waals surface area (Å²) in [6.45, 7) is 1.34. The molecule has 21 heavy (non-hydrogen) atoms. The van der Waals surface area contributed by atoms with Crippen molar-refractivity contribution in [3.63, 3.8) is 0 Å². The van der Waals surface area contributed by atoms with Gasteiger partial charge >= 0.3 is 5.97 Å². The topological polar surface area (TPSA) is 69.4 Å². The van der Waals surface area contributed by atoms with Crippen molar-refractivity contribution in [1.82, 2.24) is 0 Å². The number of benzene rings is 2. The SMILES string of the molecule is CC(=O)Oc1ccc(/C=C/C(=O)c2ccccc2N)cc1. The molecule has 2 aromatic rings. The smallest absolute Gasteiger partial charge is 0.308 e. The molecule has 0 atom stereocenters. The minimum Gasteiger partial charge on any atom is -0.427 e. The molecule has 4 heteroatoms. The minimum absolute atomic E-state index is 0.155. The lowest BCUT2D eigenvalue weighted by Gasteiger charge is -2.01. The summed E-state index contributed by atoms with van der Waals surface area (Å²) in [5.74, 6) is -0.0523. The van der Waals surface area contributed by atoms with E-state index in [-0.39, 0.29) is 11.8 Å². The molecule has 106 valence electrons. The third kappa shape index (κ3) is 4.04. The molecule has 2 aromatic carbocycles. The number of hydrogen-bond acceptors (Lipinski definition) is 4. The van der Waals surface area contributed by atoms with E-state index in [1.807, 2.05) is 0 Å². The summed E-state index contributed by atoms with van der Waals surface area (Å²) < 4.78 is 4.93. The minimum atomic E-state index is -0.368. The number of ether oxygens (including phenoxy) is 1. The standard InChI is InChI=1S/C17H15NO3/c1-12(19)21-14-9-6-13(7-10-14)8-11-17(20)15-4-2-3-5-16(15)18/h2-11H,18H2,1H3/b11-8+. The van der Waals surface area contributed by atoms with Crippen molar-refractivity contribution in [2.45, 2.75) is 6.92 Å². The lowest BCUT2D eigenvalue weighted by Crippen LogP contribution is -2.01. The molecule has 2 N–H and O–H groups in total. The van der Waals surface area contributed by atoms with Crippen LogP contribution in [-0.4, -0.2) is 11.8 Å². The summed E-state index contributed by atoms with van der Waals surface area (Å²) in [7, 11) is 0. The third-order valence-electron chi connectivity index (χ3n) is 2.80. The van der Waals surface area contributed by atoms with E-state index in [4.69, 9.17) is 10.5 Å². The third-order valence-corrected chi connectivity index (χ3v) is 2.80. The second kappa shape index (κ2) is 6.52. The van der Waals surface area contributed by atoms with Crippen molar-refractivity contribution in [1.29, 1.82) is 0 Å². The molecule has 0 fully saturated rings. The molecular weight excluding hydrogens is 266 g/mol. The largest absolute Gasteiger partial charge is 0.427 e. The fourth-order valence-corrected chi connectivity index (χ4v) is 1.80. The van der Waals surface area contributed by atoms with E-state index in [0.717, 1.165) is 5.56 Å². The predicted molar refractivity (Wildman–Crippen MR) is 82.0 cm³/mol. The van der Waals surface area contributed by atoms with Gasteiger partial charge < -0.3 is 10.5 Å². The molecule has 0 amide bonds. The molecule has 0 aliphatic heterocycles. The molecule has 0 aromatic heterocycles. The summed E-state index contributed by atoms with van der Waals surface area (Å²) in [5.41, 5.74) is 7.51. The first kappa shape index (κ1) is 14.5. The Morgan fingerprint density at radius 1 is 1.05 bits per heavy atom. The number of carbonyl (C=O) groups is 2. The van der Waals surface area contributed by atoms with Gasteiger partial charge in [-0.3, -0.25) is 9.59 Å². The van der Waals surface area contributed by atoms with Gasteiger partial charge in [0.1, 0.15) is 5.75 Å². The van der Waals surface area contributed by atoms with E-state index in [9.17, 15) is 9.59 Å². The fourth-order valence-electron chi connectivity index (χ4n) is 1.80. The van der Waals surface area contributed by atoms with Crippen molar-refractivity contribution < 1.29 is 14.3 Å². The van der Waals surface area contributed by atoms with Gasteiger partial charge in [0.2, 0.25) is 0 Å². The van der Waals surface area contributed by atoms with E-state index >= 15 is 0 Å². The number of para-hydroxylation sites is 1. The Kier molecular flexibility index (Phi) is 4.51. The van der Waals surface area contributed by atoms with E-state index in [1.165, 1.54) is 13.0 Å². The number of rotatable bonds is 4. The van der Waals surface area contributed by atoms with Crippen molar-refractivity contribution in [2.24, 2.45) is 0 Å². The number of nitrogens with two attached hydrogens (primary N) is 1. The van der Waals surface area contributed by atoms with Crippen molar-refractivity contribution in [3.05, 3.63) is 65.7 Å². The first-order valence-electron chi connectivity index (χ1n) is 6.41. The van der Waals surface area contributed by atoms with Crippen LogP contribution in [0, 0.1) is 0 Å². The van der Waals surface area contributed by atoms with Gasteiger partial charge in [0.25, 0.3) is 0 Å². The summed E-state index contributed by atoms with van der Waals surface area (Å²) in [6, 6.07) is 13.8. The monoisotopic (exact) mass is 281 g/mol. The Bertz CT molecular complexity index is 687. The molecule has 0 aliphatic rings. The Labute approximate surface area is 122 Å². The number of allylic oxidation sites excluding steroid dienone is 1. The molecule has 0 radical (unpaired) electrons. The molecule has 2 rings (SSSR count). The number of nitrogen functional groups attached to an aromatic ring is 1. The van der Waals surface area contributed by atoms with Crippen LogP contribution in [0.3, 0.4) is 0 Å². The molecule has 0 bridgehead atoms. The second-order valence-corrected chi connectivity index (χ2v) is 4.45. The average Bonchev–Trinajstić information content (AvgIpc) is 2.46. The maximum absolute atomic E-state index is 12.0. The van der Waals surface area contributed by atoms with Crippen LogP contribution < -0.4 is 10.5 Å². The van der Waals surface area contributed by atoms with Gasteiger partial charge in [-0.25, -0.2) is 0 Å². The molecule has 0 saturated carbocycles.